The zero-order chi connectivity index (χ0) is 17.9. The van der Waals surface area contributed by atoms with E-state index in [0.717, 1.165) is 9.87 Å². The second kappa shape index (κ2) is 7.18. The van der Waals surface area contributed by atoms with E-state index in [1.807, 2.05) is 0 Å². The van der Waals surface area contributed by atoms with Crippen LogP contribution in [-0.2, 0) is 24.3 Å². The van der Waals surface area contributed by atoms with Crippen molar-refractivity contribution in [1.82, 2.24) is 9.62 Å². The molecule has 0 radical (unpaired) electrons. The molecule has 1 amide bonds. The summed E-state index contributed by atoms with van der Waals surface area (Å²) in [4.78, 5) is 23.6. The lowest BCUT2D eigenvalue weighted by atomic mass is 10.1. The van der Waals surface area contributed by atoms with E-state index in [9.17, 15) is 18.0 Å². The van der Waals surface area contributed by atoms with Gasteiger partial charge in [0.25, 0.3) is 0 Å². The lowest BCUT2D eigenvalue weighted by Crippen LogP contribution is -2.57. The number of carbonyl (C=O) groups excluding carboxylic acids is 2. The van der Waals surface area contributed by atoms with Gasteiger partial charge >= 0.3 is 5.97 Å². The van der Waals surface area contributed by atoms with Crippen LogP contribution in [0.15, 0.2) is 23.1 Å². The second-order valence-electron chi connectivity index (χ2n) is 5.36. The van der Waals surface area contributed by atoms with Gasteiger partial charge in [0.15, 0.2) is 0 Å². The number of esters is 1. The first-order valence-corrected chi connectivity index (χ1v) is 8.76. The average molecular weight is 356 g/mol. The summed E-state index contributed by atoms with van der Waals surface area (Å²) in [7, 11) is -1.46. The minimum Gasteiger partial charge on any atom is -0.495 e. The first-order valence-electron chi connectivity index (χ1n) is 7.32. The van der Waals surface area contributed by atoms with E-state index in [4.69, 9.17) is 4.74 Å². The fourth-order valence-corrected chi connectivity index (χ4v) is 4.36. The molecule has 1 N–H and O–H groups in total. The predicted octanol–water partition coefficient (Wildman–Crippen LogP) is 0.0558. The van der Waals surface area contributed by atoms with E-state index in [2.05, 4.69) is 10.1 Å². The van der Waals surface area contributed by atoms with Crippen molar-refractivity contribution < 1.29 is 27.5 Å². The Morgan fingerprint density at radius 1 is 1.38 bits per heavy atom. The van der Waals surface area contributed by atoms with Gasteiger partial charge in [0.05, 0.1) is 20.6 Å². The standard InChI is InChI=1S/C15H20N2O6S/c1-10-4-5-12(22-2)13(8-10)24(20,21)17-7-6-16-15(19)11(17)9-14(18)23-3/h4-5,8,11H,6-7,9H2,1-3H3,(H,16,19)/t11-/m0/s1. The van der Waals surface area contributed by atoms with Gasteiger partial charge in [-0.2, -0.15) is 4.31 Å². The molecular weight excluding hydrogens is 336 g/mol. The molecule has 0 unspecified atom stereocenters. The van der Waals surface area contributed by atoms with Crippen molar-refractivity contribution >= 4 is 21.9 Å². The van der Waals surface area contributed by atoms with Gasteiger partial charge < -0.3 is 14.8 Å². The summed E-state index contributed by atoms with van der Waals surface area (Å²) in [5.74, 6) is -1.00. The first kappa shape index (κ1) is 18.2. The molecule has 1 fully saturated rings. The molecule has 9 heteroatoms. The highest BCUT2D eigenvalue weighted by Crippen LogP contribution is 2.30. The molecular formula is C15H20N2O6S. The minimum atomic E-state index is -4.02. The summed E-state index contributed by atoms with van der Waals surface area (Å²) in [6, 6.07) is 3.62. The summed E-state index contributed by atoms with van der Waals surface area (Å²) in [6.07, 6.45) is -0.351. The highest BCUT2D eigenvalue weighted by atomic mass is 32.2. The summed E-state index contributed by atoms with van der Waals surface area (Å²) in [5.41, 5.74) is 0.736. The van der Waals surface area contributed by atoms with Gasteiger partial charge in [0.1, 0.15) is 16.7 Å². The van der Waals surface area contributed by atoms with Gasteiger partial charge in [-0.25, -0.2) is 8.42 Å². The zero-order valence-electron chi connectivity index (χ0n) is 13.7. The number of hydrogen-bond acceptors (Lipinski definition) is 6. The number of nitrogens with one attached hydrogen (secondary N) is 1. The van der Waals surface area contributed by atoms with Crippen molar-refractivity contribution in [1.29, 1.82) is 0 Å². The fourth-order valence-electron chi connectivity index (χ4n) is 2.53. The molecule has 1 aromatic rings. The summed E-state index contributed by atoms with van der Waals surface area (Å²) in [6.45, 7) is 1.99. The van der Waals surface area contributed by atoms with E-state index in [1.165, 1.54) is 20.3 Å². The van der Waals surface area contributed by atoms with Gasteiger partial charge in [-0.05, 0) is 24.6 Å². The van der Waals surface area contributed by atoms with Gasteiger partial charge in [-0.15, -0.1) is 0 Å². The first-order chi connectivity index (χ1) is 11.3. The van der Waals surface area contributed by atoms with Crippen LogP contribution in [0.2, 0.25) is 0 Å². The molecule has 1 aromatic carbocycles. The van der Waals surface area contributed by atoms with Gasteiger partial charge in [-0.3, -0.25) is 9.59 Å². The SMILES string of the molecule is COC(=O)C[C@H]1C(=O)NCCN1S(=O)(=O)c1cc(C)ccc1OC. The second-order valence-corrected chi connectivity index (χ2v) is 7.22. The van der Waals surface area contributed by atoms with Crippen molar-refractivity contribution in [3.63, 3.8) is 0 Å². The van der Waals surface area contributed by atoms with Crippen LogP contribution in [0.25, 0.3) is 0 Å². The lowest BCUT2D eigenvalue weighted by molar-refractivity contribution is -0.144. The Bertz CT molecular complexity index is 746. The molecule has 8 nitrogen and oxygen atoms in total. The smallest absolute Gasteiger partial charge is 0.307 e. The Hall–Kier alpha value is -2.13. The maximum absolute atomic E-state index is 13.1. The van der Waals surface area contributed by atoms with Crippen molar-refractivity contribution in [2.45, 2.75) is 24.3 Å². The molecule has 132 valence electrons. The summed E-state index contributed by atoms with van der Waals surface area (Å²) >= 11 is 0. The molecule has 0 spiro atoms. The van der Waals surface area contributed by atoms with E-state index in [-0.39, 0.29) is 30.2 Å². The molecule has 0 bridgehead atoms. The van der Waals surface area contributed by atoms with Crippen molar-refractivity contribution in [2.75, 3.05) is 27.3 Å². The van der Waals surface area contributed by atoms with Crippen LogP contribution in [0, 0.1) is 6.92 Å². The molecule has 1 heterocycles. The third-order valence-corrected chi connectivity index (χ3v) is 5.70. The average Bonchev–Trinajstić information content (AvgIpc) is 2.56. The van der Waals surface area contributed by atoms with Crippen LogP contribution in [0.4, 0.5) is 0 Å². The van der Waals surface area contributed by atoms with E-state index < -0.39 is 27.9 Å². The van der Waals surface area contributed by atoms with Crippen LogP contribution < -0.4 is 10.1 Å². The molecule has 0 aromatic heterocycles. The van der Waals surface area contributed by atoms with Crippen LogP contribution in [-0.4, -0.2) is 58.0 Å². The highest BCUT2D eigenvalue weighted by molar-refractivity contribution is 7.89. The molecule has 1 atom stereocenters. The Labute approximate surface area is 140 Å². The number of aryl methyl sites for hydroxylation is 1. The number of rotatable bonds is 5. The normalized spacial score (nSPS) is 18.8. The number of piperazine rings is 1. The molecule has 2 rings (SSSR count). The van der Waals surface area contributed by atoms with Crippen molar-refractivity contribution in [3.8, 4) is 5.75 Å². The quantitative estimate of drug-likeness (QED) is 0.749. The van der Waals surface area contributed by atoms with Gasteiger partial charge in [0.2, 0.25) is 15.9 Å². The van der Waals surface area contributed by atoms with Crippen molar-refractivity contribution in [3.05, 3.63) is 23.8 Å². The third kappa shape index (κ3) is 3.51. The zero-order valence-corrected chi connectivity index (χ0v) is 14.6. The van der Waals surface area contributed by atoms with Crippen LogP contribution in [0.5, 0.6) is 5.75 Å². The predicted molar refractivity (Wildman–Crippen MR) is 85.1 cm³/mol. The van der Waals surface area contributed by atoms with E-state index in [0.29, 0.717) is 0 Å². The van der Waals surface area contributed by atoms with Crippen LogP contribution in [0.1, 0.15) is 12.0 Å². The van der Waals surface area contributed by atoms with Crippen molar-refractivity contribution in [2.24, 2.45) is 0 Å². The highest BCUT2D eigenvalue weighted by Gasteiger charge is 2.41. The van der Waals surface area contributed by atoms with Gasteiger partial charge in [-0.1, -0.05) is 6.07 Å². The number of sulfonamides is 1. The number of nitrogens with zero attached hydrogens (tertiary/aromatic N) is 1. The molecule has 0 saturated carbocycles. The molecule has 1 saturated heterocycles. The lowest BCUT2D eigenvalue weighted by Gasteiger charge is -2.33. The molecule has 1 aliphatic rings. The van der Waals surface area contributed by atoms with E-state index in [1.54, 1.807) is 19.1 Å². The maximum atomic E-state index is 13.1. The molecule has 1 aliphatic heterocycles. The fraction of sp³-hybridized carbons (Fsp3) is 0.467. The van der Waals surface area contributed by atoms with Crippen LogP contribution in [0.3, 0.4) is 0 Å². The molecule has 0 aliphatic carbocycles. The monoisotopic (exact) mass is 356 g/mol. The topological polar surface area (TPSA) is 102 Å². The number of benzene rings is 1. The van der Waals surface area contributed by atoms with Gasteiger partial charge in [0, 0.05) is 13.1 Å². The Balaban J connectivity index is 2.47. The Morgan fingerprint density at radius 2 is 2.08 bits per heavy atom. The Kier molecular flexibility index (Phi) is 5.45. The number of ether oxygens (including phenoxy) is 2. The number of carbonyl (C=O) groups is 2. The summed E-state index contributed by atoms with van der Waals surface area (Å²) < 4.78 is 36.9. The number of amides is 1. The summed E-state index contributed by atoms with van der Waals surface area (Å²) in [5, 5.41) is 2.57. The van der Waals surface area contributed by atoms with Crippen LogP contribution >= 0.6 is 0 Å². The van der Waals surface area contributed by atoms with E-state index >= 15 is 0 Å². The number of methoxy groups -OCH3 is 2. The third-order valence-electron chi connectivity index (χ3n) is 3.78. The molecule has 24 heavy (non-hydrogen) atoms. The number of hydrogen-bond donors (Lipinski definition) is 1. The minimum absolute atomic E-state index is 0.0328. The maximum Gasteiger partial charge on any atom is 0.307 e. The largest absolute Gasteiger partial charge is 0.495 e. The Morgan fingerprint density at radius 3 is 2.71 bits per heavy atom.